The van der Waals surface area contributed by atoms with Crippen LogP contribution in [0.5, 0.6) is 5.75 Å². The Labute approximate surface area is 104 Å². The highest BCUT2D eigenvalue weighted by Gasteiger charge is 2.33. The van der Waals surface area contributed by atoms with Crippen LogP contribution in [0.25, 0.3) is 0 Å². The van der Waals surface area contributed by atoms with Crippen LogP contribution < -0.4 is 4.74 Å². The van der Waals surface area contributed by atoms with Gasteiger partial charge in [0.1, 0.15) is 11.4 Å². The molecular weight excluding hydrogens is 212 g/mol. The van der Waals surface area contributed by atoms with Crippen LogP contribution in [0.3, 0.4) is 0 Å². The molecule has 0 radical (unpaired) electrons. The number of ether oxygens (including phenoxy) is 1. The highest BCUT2D eigenvalue weighted by Crippen LogP contribution is 2.37. The summed E-state index contributed by atoms with van der Waals surface area (Å²) in [6, 6.07) is 6.36. The Bertz CT molecular complexity index is 409. The lowest BCUT2D eigenvalue weighted by Crippen LogP contribution is -2.43. The maximum Gasteiger partial charge on any atom is 0.129 e. The SMILES string of the molecule is Cc1ccc2c(c1)OC(C)(C)[C@@H](O)CC[C@H]2C. The quantitative estimate of drug-likeness (QED) is 0.745. The van der Waals surface area contributed by atoms with Crippen molar-refractivity contribution >= 4 is 0 Å². The topological polar surface area (TPSA) is 29.5 Å². The van der Waals surface area contributed by atoms with Gasteiger partial charge in [-0.1, -0.05) is 19.1 Å². The van der Waals surface area contributed by atoms with Gasteiger partial charge in [0.15, 0.2) is 0 Å². The Morgan fingerprint density at radius 1 is 1.29 bits per heavy atom. The van der Waals surface area contributed by atoms with Crippen LogP contribution in [0.4, 0.5) is 0 Å². The smallest absolute Gasteiger partial charge is 0.129 e. The first-order valence-corrected chi connectivity index (χ1v) is 6.38. The van der Waals surface area contributed by atoms with Crippen molar-refractivity contribution in [3.63, 3.8) is 0 Å². The molecule has 0 fully saturated rings. The highest BCUT2D eigenvalue weighted by molar-refractivity contribution is 5.40. The zero-order valence-corrected chi connectivity index (χ0v) is 11.2. The summed E-state index contributed by atoms with van der Waals surface area (Å²) in [5.41, 5.74) is 1.94. The summed E-state index contributed by atoms with van der Waals surface area (Å²) in [6.45, 7) is 8.18. The average molecular weight is 234 g/mol. The van der Waals surface area contributed by atoms with Crippen molar-refractivity contribution < 1.29 is 9.84 Å². The van der Waals surface area contributed by atoms with Crippen molar-refractivity contribution in [1.29, 1.82) is 0 Å². The number of rotatable bonds is 0. The van der Waals surface area contributed by atoms with E-state index in [1.54, 1.807) is 0 Å². The standard InChI is InChI=1S/C15H22O2/c1-10-5-7-12-11(2)6-8-14(16)15(3,4)17-13(12)9-10/h5,7,9,11,14,16H,6,8H2,1-4H3/t11-,14+/m1/s1. The largest absolute Gasteiger partial charge is 0.485 e. The second kappa shape index (κ2) is 4.34. The number of benzene rings is 1. The van der Waals surface area contributed by atoms with Crippen LogP contribution in [0, 0.1) is 6.92 Å². The van der Waals surface area contributed by atoms with E-state index in [1.807, 2.05) is 13.8 Å². The Kier molecular flexibility index (Phi) is 3.17. The first kappa shape index (κ1) is 12.4. The molecule has 2 nitrogen and oxygen atoms in total. The van der Waals surface area contributed by atoms with Crippen molar-refractivity contribution in [2.75, 3.05) is 0 Å². The third-order valence-corrected chi connectivity index (χ3v) is 3.75. The van der Waals surface area contributed by atoms with Gasteiger partial charge in [-0.15, -0.1) is 0 Å². The summed E-state index contributed by atoms with van der Waals surface area (Å²) >= 11 is 0. The summed E-state index contributed by atoms with van der Waals surface area (Å²) in [7, 11) is 0. The molecule has 94 valence electrons. The second-order valence-corrected chi connectivity index (χ2v) is 5.74. The molecule has 1 heterocycles. The van der Waals surface area contributed by atoms with Gasteiger partial charge in [-0.3, -0.25) is 0 Å². The Morgan fingerprint density at radius 3 is 2.71 bits per heavy atom. The third-order valence-electron chi connectivity index (χ3n) is 3.75. The van der Waals surface area contributed by atoms with Gasteiger partial charge in [-0.25, -0.2) is 0 Å². The molecule has 0 aliphatic carbocycles. The number of hydrogen-bond acceptors (Lipinski definition) is 2. The molecule has 0 saturated heterocycles. The van der Waals surface area contributed by atoms with Crippen molar-refractivity contribution in [1.82, 2.24) is 0 Å². The van der Waals surface area contributed by atoms with E-state index in [9.17, 15) is 5.11 Å². The van der Waals surface area contributed by atoms with Gasteiger partial charge in [0.25, 0.3) is 0 Å². The molecule has 0 saturated carbocycles. The lowest BCUT2D eigenvalue weighted by molar-refractivity contribution is -0.0380. The fraction of sp³-hybridized carbons (Fsp3) is 0.600. The van der Waals surface area contributed by atoms with E-state index in [4.69, 9.17) is 4.74 Å². The summed E-state index contributed by atoms with van der Waals surface area (Å²) in [6.07, 6.45) is 1.39. The van der Waals surface area contributed by atoms with Crippen molar-refractivity contribution in [3.05, 3.63) is 29.3 Å². The number of fused-ring (bicyclic) bond motifs is 1. The van der Waals surface area contributed by atoms with Crippen LogP contribution in [-0.2, 0) is 0 Å². The third kappa shape index (κ3) is 2.47. The van der Waals surface area contributed by atoms with E-state index in [0.717, 1.165) is 18.6 Å². The number of aliphatic hydroxyl groups is 1. The van der Waals surface area contributed by atoms with Gasteiger partial charge in [-0.05, 0) is 56.7 Å². The molecule has 0 unspecified atom stereocenters. The fourth-order valence-electron chi connectivity index (χ4n) is 2.40. The molecule has 1 N–H and O–H groups in total. The molecule has 1 aliphatic rings. The van der Waals surface area contributed by atoms with Gasteiger partial charge in [0.2, 0.25) is 0 Å². The van der Waals surface area contributed by atoms with Crippen LogP contribution >= 0.6 is 0 Å². The first-order chi connectivity index (χ1) is 7.90. The fourth-order valence-corrected chi connectivity index (χ4v) is 2.40. The lowest BCUT2D eigenvalue weighted by atomic mass is 9.87. The minimum Gasteiger partial charge on any atom is -0.485 e. The minimum absolute atomic E-state index is 0.404. The maximum atomic E-state index is 10.1. The zero-order valence-electron chi connectivity index (χ0n) is 11.2. The molecule has 1 aliphatic heterocycles. The van der Waals surface area contributed by atoms with Crippen LogP contribution in [-0.4, -0.2) is 16.8 Å². The first-order valence-electron chi connectivity index (χ1n) is 6.38. The normalized spacial score (nSPS) is 27.6. The van der Waals surface area contributed by atoms with Crippen LogP contribution in [0.2, 0.25) is 0 Å². The second-order valence-electron chi connectivity index (χ2n) is 5.74. The number of hydrogen-bond donors (Lipinski definition) is 1. The molecule has 0 amide bonds. The number of aryl methyl sites for hydroxylation is 1. The van der Waals surface area contributed by atoms with E-state index >= 15 is 0 Å². The van der Waals surface area contributed by atoms with Crippen LogP contribution in [0.1, 0.15) is 50.7 Å². The predicted molar refractivity (Wildman–Crippen MR) is 69.5 cm³/mol. The van der Waals surface area contributed by atoms with Gasteiger partial charge >= 0.3 is 0 Å². The molecule has 1 aromatic carbocycles. The summed E-state index contributed by atoms with van der Waals surface area (Å²) in [4.78, 5) is 0. The van der Waals surface area contributed by atoms with Gasteiger partial charge in [0, 0.05) is 0 Å². The molecule has 1 aromatic rings. The molecular formula is C15H22O2. The summed E-state index contributed by atoms with van der Waals surface area (Å²) in [5, 5.41) is 10.1. The zero-order chi connectivity index (χ0) is 12.6. The summed E-state index contributed by atoms with van der Waals surface area (Å²) in [5.74, 6) is 1.37. The van der Waals surface area contributed by atoms with E-state index < -0.39 is 11.7 Å². The molecule has 2 atom stereocenters. The molecule has 0 spiro atoms. The molecule has 17 heavy (non-hydrogen) atoms. The maximum absolute atomic E-state index is 10.1. The predicted octanol–water partition coefficient (Wildman–Crippen LogP) is 3.41. The Morgan fingerprint density at radius 2 is 2.00 bits per heavy atom. The van der Waals surface area contributed by atoms with E-state index in [1.165, 1.54) is 11.1 Å². The van der Waals surface area contributed by atoms with Crippen molar-refractivity contribution in [3.8, 4) is 5.75 Å². The van der Waals surface area contributed by atoms with E-state index in [0.29, 0.717) is 5.92 Å². The average Bonchev–Trinajstić information content (AvgIpc) is 2.23. The summed E-state index contributed by atoms with van der Waals surface area (Å²) < 4.78 is 6.04. The monoisotopic (exact) mass is 234 g/mol. The van der Waals surface area contributed by atoms with Crippen molar-refractivity contribution in [2.45, 2.75) is 58.2 Å². The van der Waals surface area contributed by atoms with Gasteiger partial charge in [0.05, 0.1) is 6.10 Å². The number of aliphatic hydroxyl groups excluding tert-OH is 1. The van der Waals surface area contributed by atoms with E-state index in [2.05, 4.69) is 32.0 Å². The molecule has 2 rings (SSSR count). The van der Waals surface area contributed by atoms with Crippen LogP contribution in [0.15, 0.2) is 18.2 Å². The Hall–Kier alpha value is -1.02. The highest BCUT2D eigenvalue weighted by atomic mass is 16.5. The van der Waals surface area contributed by atoms with Crippen molar-refractivity contribution in [2.24, 2.45) is 0 Å². The minimum atomic E-state index is -0.511. The van der Waals surface area contributed by atoms with Gasteiger partial charge < -0.3 is 9.84 Å². The lowest BCUT2D eigenvalue weighted by Gasteiger charge is -2.36. The van der Waals surface area contributed by atoms with Gasteiger partial charge in [-0.2, -0.15) is 0 Å². The Balaban J connectivity index is 2.44. The van der Waals surface area contributed by atoms with E-state index in [-0.39, 0.29) is 0 Å². The molecule has 2 heteroatoms. The molecule has 0 aromatic heterocycles. The molecule has 0 bridgehead atoms.